The Bertz CT molecular complexity index is 217. The zero-order chi connectivity index (χ0) is 9.56. The second kappa shape index (κ2) is 5.95. The Morgan fingerprint density at radius 3 is 2.50 bits per heavy atom. The topological polar surface area (TPSA) is 36.2 Å². The first-order chi connectivity index (χ1) is 5.61. The molecule has 0 unspecified atom stereocenters. The molecular formula is C9H15ClN2. The molecule has 1 N–H and O–H groups in total. The fourth-order valence-electron chi connectivity index (χ4n) is 0.835. The van der Waals surface area contributed by atoms with Crippen LogP contribution in [0.3, 0.4) is 0 Å². The van der Waals surface area contributed by atoms with Crippen molar-refractivity contribution in [2.45, 2.75) is 33.6 Å². The summed E-state index contributed by atoms with van der Waals surface area (Å²) in [4.78, 5) is 4.04. The van der Waals surface area contributed by atoms with Crippen LogP contribution in [-0.2, 0) is 0 Å². The first kappa shape index (κ1) is 11.4. The molecule has 0 aliphatic carbocycles. The van der Waals surface area contributed by atoms with E-state index in [1.165, 1.54) is 0 Å². The monoisotopic (exact) mass is 186 g/mol. The third-order valence-electron chi connectivity index (χ3n) is 1.32. The molecule has 0 aromatic carbocycles. The largest absolute Gasteiger partial charge is 0.287 e. The molecule has 3 heteroatoms. The molecule has 0 aromatic heterocycles. The number of hydrogen-bond acceptors (Lipinski definition) is 1. The van der Waals surface area contributed by atoms with Crippen LogP contribution in [-0.4, -0.2) is 11.5 Å². The van der Waals surface area contributed by atoms with Gasteiger partial charge in [-0.05, 0) is 20.3 Å². The van der Waals surface area contributed by atoms with Crippen LogP contribution in [0.4, 0.5) is 0 Å². The summed E-state index contributed by atoms with van der Waals surface area (Å²) in [5.41, 5.74) is 0.814. The third-order valence-corrected chi connectivity index (χ3v) is 1.75. The van der Waals surface area contributed by atoms with Gasteiger partial charge in [0.25, 0.3) is 0 Å². The van der Waals surface area contributed by atoms with E-state index in [4.69, 9.17) is 17.0 Å². The lowest BCUT2D eigenvalue weighted by Gasteiger charge is -2.01. The molecule has 0 saturated carbocycles. The highest BCUT2D eigenvalue weighted by Gasteiger charge is 2.01. The molecule has 0 aromatic rings. The van der Waals surface area contributed by atoms with E-state index in [0.717, 1.165) is 18.6 Å². The Hall–Kier alpha value is -0.630. The average molecular weight is 187 g/mol. The van der Waals surface area contributed by atoms with Gasteiger partial charge in [-0.15, -0.1) is 0 Å². The Morgan fingerprint density at radius 1 is 1.58 bits per heavy atom. The molecule has 2 nitrogen and oxygen atoms in total. The Kier molecular flexibility index (Phi) is 5.64. The zero-order valence-corrected chi connectivity index (χ0v) is 8.57. The molecule has 0 radical (unpaired) electrons. The van der Waals surface area contributed by atoms with Gasteiger partial charge < -0.3 is 0 Å². The lowest BCUT2D eigenvalue weighted by molar-refractivity contribution is 0.995. The molecule has 0 spiro atoms. The van der Waals surface area contributed by atoms with Gasteiger partial charge in [0.1, 0.15) is 5.84 Å². The summed E-state index contributed by atoms with van der Waals surface area (Å²) in [5, 5.41) is 7.85. The highest BCUT2D eigenvalue weighted by atomic mass is 35.5. The second-order valence-corrected chi connectivity index (χ2v) is 2.94. The molecule has 0 rings (SSSR count). The Morgan fingerprint density at radius 2 is 2.17 bits per heavy atom. The van der Waals surface area contributed by atoms with Gasteiger partial charge in [0.05, 0.1) is 10.7 Å². The molecule has 12 heavy (non-hydrogen) atoms. The number of nitrogens with one attached hydrogen (secondary N) is 1. The van der Waals surface area contributed by atoms with Gasteiger partial charge in [0.15, 0.2) is 0 Å². The number of halogens is 1. The first-order valence-electron chi connectivity index (χ1n) is 4.06. The number of allylic oxidation sites excluding steroid dienone is 2. The van der Waals surface area contributed by atoms with Crippen molar-refractivity contribution in [3.63, 3.8) is 0 Å². The standard InChI is InChI=1S/C9H15ClN2/c1-4-6-9(8(10)5-2)12-7(3)11/h5,11H,4,6H2,1-3H3/b8-5+,11-7?,12-9-. The van der Waals surface area contributed by atoms with Crippen molar-refractivity contribution in [2.75, 3.05) is 0 Å². The average Bonchev–Trinajstić information content (AvgIpc) is 2.01. The van der Waals surface area contributed by atoms with Crippen molar-refractivity contribution >= 4 is 23.1 Å². The smallest absolute Gasteiger partial charge is 0.117 e. The molecule has 0 atom stereocenters. The second-order valence-electron chi connectivity index (χ2n) is 2.53. The van der Waals surface area contributed by atoms with E-state index >= 15 is 0 Å². The number of aliphatic imine (C=N–C) groups is 1. The van der Waals surface area contributed by atoms with Crippen LogP contribution < -0.4 is 0 Å². The lowest BCUT2D eigenvalue weighted by atomic mass is 10.2. The van der Waals surface area contributed by atoms with Crippen LogP contribution in [0.25, 0.3) is 0 Å². The summed E-state index contributed by atoms with van der Waals surface area (Å²) in [7, 11) is 0. The van der Waals surface area contributed by atoms with Gasteiger partial charge in [-0.2, -0.15) is 0 Å². The molecule has 0 saturated heterocycles. The predicted molar refractivity (Wildman–Crippen MR) is 55.4 cm³/mol. The maximum Gasteiger partial charge on any atom is 0.117 e. The maximum atomic E-state index is 7.20. The van der Waals surface area contributed by atoms with Gasteiger partial charge in [-0.1, -0.05) is 31.0 Å². The minimum absolute atomic E-state index is 0.304. The van der Waals surface area contributed by atoms with Crippen molar-refractivity contribution in [1.82, 2.24) is 0 Å². The Balaban J connectivity index is 4.54. The summed E-state index contributed by atoms with van der Waals surface area (Å²) >= 11 is 5.89. The van der Waals surface area contributed by atoms with Crippen LogP contribution in [0.2, 0.25) is 0 Å². The molecule has 68 valence electrons. The molecule has 0 heterocycles. The molecule has 0 fully saturated rings. The SMILES string of the molecule is C/C=C(Cl)\C(CCC)=N/C(C)=N. The number of nitrogens with zero attached hydrogens (tertiary/aromatic N) is 1. The molecular weight excluding hydrogens is 172 g/mol. The fraction of sp³-hybridized carbons (Fsp3) is 0.556. The van der Waals surface area contributed by atoms with Gasteiger partial charge in [0.2, 0.25) is 0 Å². The highest BCUT2D eigenvalue weighted by Crippen LogP contribution is 2.09. The molecule has 0 aliphatic rings. The minimum Gasteiger partial charge on any atom is -0.287 e. The summed E-state index contributed by atoms with van der Waals surface area (Å²) < 4.78 is 0. The first-order valence-corrected chi connectivity index (χ1v) is 4.44. The normalized spacial score (nSPS) is 13.3. The summed E-state index contributed by atoms with van der Waals surface area (Å²) in [6.45, 7) is 5.58. The summed E-state index contributed by atoms with van der Waals surface area (Å²) in [6, 6.07) is 0. The van der Waals surface area contributed by atoms with Crippen molar-refractivity contribution < 1.29 is 0 Å². The van der Waals surface area contributed by atoms with Crippen molar-refractivity contribution in [3.8, 4) is 0 Å². The summed E-state index contributed by atoms with van der Waals surface area (Å²) in [6.07, 6.45) is 3.63. The van der Waals surface area contributed by atoms with Crippen molar-refractivity contribution in [1.29, 1.82) is 5.41 Å². The van der Waals surface area contributed by atoms with Crippen LogP contribution >= 0.6 is 11.6 Å². The van der Waals surface area contributed by atoms with Crippen molar-refractivity contribution in [2.24, 2.45) is 4.99 Å². The fourth-order valence-corrected chi connectivity index (χ4v) is 0.971. The van der Waals surface area contributed by atoms with Crippen LogP contribution in [0, 0.1) is 5.41 Å². The van der Waals surface area contributed by atoms with Gasteiger partial charge in [-0.3, -0.25) is 5.41 Å². The van der Waals surface area contributed by atoms with Crippen LogP contribution in [0.1, 0.15) is 33.6 Å². The number of amidine groups is 1. The number of rotatable bonds is 3. The van der Waals surface area contributed by atoms with Crippen LogP contribution in [0.15, 0.2) is 16.1 Å². The van der Waals surface area contributed by atoms with Gasteiger partial charge in [0, 0.05) is 0 Å². The van der Waals surface area contributed by atoms with Crippen LogP contribution in [0.5, 0.6) is 0 Å². The molecule has 0 amide bonds. The van der Waals surface area contributed by atoms with E-state index in [1.54, 1.807) is 13.0 Å². The Labute approximate surface area is 78.9 Å². The van der Waals surface area contributed by atoms with E-state index in [2.05, 4.69) is 11.9 Å². The van der Waals surface area contributed by atoms with E-state index in [1.807, 2.05) is 6.92 Å². The quantitative estimate of drug-likeness (QED) is 0.519. The van der Waals surface area contributed by atoms with E-state index in [-0.39, 0.29) is 0 Å². The zero-order valence-electron chi connectivity index (χ0n) is 7.82. The van der Waals surface area contributed by atoms with E-state index < -0.39 is 0 Å². The van der Waals surface area contributed by atoms with Crippen molar-refractivity contribution in [3.05, 3.63) is 11.1 Å². The highest BCUT2D eigenvalue weighted by molar-refractivity contribution is 6.44. The molecule has 0 aliphatic heterocycles. The maximum absolute atomic E-state index is 7.20. The predicted octanol–water partition coefficient (Wildman–Crippen LogP) is 3.37. The summed E-state index contributed by atoms with van der Waals surface area (Å²) in [5.74, 6) is 0.304. The number of hydrogen-bond donors (Lipinski definition) is 1. The van der Waals surface area contributed by atoms with Gasteiger partial charge in [-0.25, -0.2) is 4.99 Å². The minimum atomic E-state index is 0.304. The van der Waals surface area contributed by atoms with E-state index in [9.17, 15) is 0 Å². The third kappa shape index (κ3) is 4.29. The molecule has 0 bridgehead atoms. The lowest BCUT2D eigenvalue weighted by Crippen LogP contribution is -2.00. The van der Waals surface area contributed by atoms with E-state index in [0.29, 0.717) is 10.9 Å². The van der Waals surface area contributed by atoms with Gasteiger partial charge >= 0.3 is 0 Å².